The zero-order chi connectivity index (χ0) is 76.1. The number of fused-ring (bicyclic) bond motifs is 4. The predicted octanol–water partition coefficient (Wildman–Crippen LogP) is 0.517. The van der Waals surface area contributed by atoms with Crippen LogP contribution < -0.4 is 37.1 Å². The Bertz CT molecular complexity index is 3530. The largest absolute Gasteiger partial charge is 0.507 e. The van der Waals surface area contributed by atoms with Crippen molar-refractivity contribution in [2.24, 2.45) is 34.8 Å². The molecule has 5 aliphatic rings. The minimum atomic E-state index is -2.67. The number of nitrogens with one attached hydrogen (secondary N) is 5. The molecule has 15 atom stereocenters. The molecule has 0 bridgehead atoms. The van der Waals surface area contributed by atoms with Crippen LogP contribution in [-0.4, -0.2) is 217 Å². The van der Waals surface area contributed by atoms with E-state index in [1.165, 1.54) is 46.1 Å². The maximum absolute atomic E-state index is 14.6. The van der Waals surface area contributed by atoms with Gasteiger partial charge in [0.05, 0.1) is 91.0 Å². The summed E-state index contributed by atoms with van der Waals surface area (Å²) < 4.78 is 30.3. The number of Topliss-reactive ketones (excluding diaryl/α,β-unsaturated/α-hetero) is 4. The number of aliphatic carboxylic acids is 1. The normalized spacial score (nSPS) is 24.4. The molecule has 568 valence electrons. The first kappa shape index (κ1) is 82.1. The second-order valence-electron chi connectivity index (χ2n) is 28.6. The summed E-state index contributed by atoms with van der Waals surface area (Å²) in [5.74, 6) is -17.6. The highest BCUT2D eigenvalue weighted by Gasteiger charge is 2.52. The van der Waals surface area contributed by atoms with Gasteiger partial charge in [-0.15, -0.1) is 0 Å². The lowest BCUT2D eigenvalue weighted by Crippen LogP contribution is -2.60. The topological polar surface area (TPSA) is 516 Å². The lowest BCUT2D eigenvalue weighted by atomic mass is 9.72. The number of carbonyl (C=O) groups excluding carboxylic acids is 12. The maximum atomic E-state index is 14.6. The number of phenols is 2. The standard InChI is InChI=1S/C71H98N6O26/c1-33-21-40(22-34(2)80)102-65-36(4)101-55(25-43(65)75-66(33)94)103-49-29-71(98,27-42-57(49)64(93)59-58(62(42)91)61(90)41-15-11-16-48(99-7)56(41)63(59)92)50(84)32-100-69(97)70(5,6)28-47(83)44(31-79)76-67(95)38(18-19-51(72)85)23-46(82)60(37-13-9-8-10-14-37)77-68(96)39(30-78)24-45(81)35(3)74-53(87)26-52(86)73-20-12-17-54(88)89/h11,15-16,33-40,43-44,49,55,60,65-66,75,78-80,91,93-94,98H,8-10,12-14,17-32H2,1-7H3,(H2,72,85)(H,73,86)(H,74,87)(H,76,95)(H,77,96)(H,88,89)/t33?,34?,35-,36?,38+,39-,40?,43?,44-,49-,55?,60-,65?,66?,71-/m0/s1. The number of nitrogens with two attached hydrogens (primary N) is 1. The minimum Gasteiger partial charge on any atom is -0.507 e. The molecule has 3 aliphatic carbocycles. The van der Waals surface area contributed by atoms with Crippen molar-refractivity contribution in [1.29, 1.82) is 0 Å². The Kier molecular flexibility index (Phi) is 28.7. The quantitative estimate of drug-likeness (QED) is 0.0165. The third kappa shape index (κ3) is 20.6. The number of primary amides is 1. The van der Waals surface area contributed by atoms with E-state index in [0.717, 1.165) is 6.42 Å². The first-order valence-electron chi connectivity index (χ1n) is 34.9. The average molecular weight is 1450 g/mol. The average Bonchev–Trinajstić information content (AvgIpc) is 0.711. The second-order valence-corrected chi connectivity index (χ2v) is 28.6. The molecule has 0 radical (unpaired) electrons. The molecule has 2 heterocycles. The van der Waals surface area contributed by atoms with E-state index in [-0.39, 0.29) is 67.0 Å². The molecule has 15 N–H and O–H groups in total. The molecule has 0 aromatic heterocycles. The van der Waals surface area contributed by atoms with E-state index in [4.69, 9.17) is 34.5 Å². The molecule has 103 heavy (non-hydrogen) atoms. The van der Waals surface area contributed by atoms with Crippen molar-refractivity contribution in [2.45, 2.75) is 230 Å². The minimum absolute atomic E-state index is 0.0121. The highest BCUT2D eigenvalue weighted by Crippen LogP contribution is 2.53. The number of amides is 5. The molecule has 8 unspecified atom stereocenters. The van der Waals surface area contributed by atoms with E-state index < -0.39 is 265 Å². The number of aliphatic hydroxyl groups excluding tert-OH is 4. The maximum Gasteiger partial charge on any atom is 0.312 e. The van der Waals surface area contributed by atoms with Crippen LogP contribution in [0, 0.1) is 29.1 Å². The van der Waals surface area contributed by atoms with Gasteiger partial charge in [-0.2, -0.15) is 0 Å². The van der Waals surface area contributed by atoms with Crippen LogP contribution in [0.15, 0.2) is 18.2 Å². The van der Waals surface area contributed by atoms with E-state index in [2.05, 4.69) is 26.6 Å². The third-order valence-electron chi connectivity index (χ3n) is 19.9. The van der Waals surface area contributed by atoms with Crippen LogP contribution in [0.5, 0.6) is 17.2 Å². The predicted molar refractivity (Wildman–Crippen MR) is 358 cm³/mol. The monoisotopic (exact) mass is 1450 g/mol. The van der Waals surface area contributed by atoms with Crippen LogP contribution in [-0.2, 0) is 78.1 Å². The molecule has 0 spiro atoms. The van der Waals surface area contributed by atoms with Gasteiger partial charge in [0, 0.05) is 86.6 Å². The Morgan fingerprint density at radius 2 is 1.49 bits per heavy atom. The number of hydrogen-bond donors (Lipinski definition) is 14. The Morgan fingerprint density at radius 3 is 2.13 bits per heavy atom. The molecule has 2 saturated heterocycles. The number of ether oxygens (including phenoxy) is 5. The summed E-state index contributed by atoms with van der Waals surface area (Å²) >= 11 is 0. The number of rotatable bonds is 35. The number of esters is 1. The SMILES string of the molecule is COc1cccc2c1C(=O)c1c(O)c3c(c(O)c1C2=O)C[C@@](O)(C(=O)COC(=O)C(C)(C)CC(=O)[C@H](CO)NC(=O)[C@H](CCC(N)=O)CC(=O)[C@@H](NC(=O)[C@H](CO)CC(=O)[C@H](C)NC(=O)CC(=O)NCCCC(=O)O)C1CCCCC1)C[C@@H]3OC1CC2NC(O)C(C)CC(CC(C)O)OC2C(C)O1. The number of hydrogen-bond acceptors (Lipinski definition) is 26. The van der Waals surface area contributed by atoms with Crippen molar-refractivity contribution < 1.29 is 127 Å². The fourth-order valence-electron chi connectivity index (χ4n) is 14.2. The number of aliphatic hydroxyl groups is 5. The summed E-state index contributed by atoms with van der Waals surface area (Å²) in [6.07, 6.45) is -8.56. The Labute approximate surface area is 594 Å². The molecule has 3 fully saturated rings. The molecule has 32 nitrogen and oxygen atoms in total. The number of ketones is 6. The second kappa shape index (κ2) is 36.0. The number of carboxylic acid groups (broad SMARTS) is 1. The molecule has 2 aromatic rings. The lowest BCUT2D eigenvalue weighted by Gasteiger charge is -2.47. The van der Waals surface area contributed by atoms with Crippen molar-refractivity contribution in [2.75, 3.05) is 33.5 Å². The van der Waals surface area contributed by atoms with Gasteiger partial charge < -0.3 is 91.5 Å². The van der Waals surface area contributed by atoms with Crippen LogP contribution in [0.4, 0.5) is 0 Å². The van der Waals surface area contributed by atoms with Crippen LogP contribution in [0.25, 0.3) is 0 Å². The number of aromatic hydroxyl groups is 2. The zero-order valence-corrected chi connectivity index (χ0v) is 59.0. The van der Waals surface area contributed by atoms with Crippen molar-refractivity contribution in [1.82, 2.24) is 26.6 Å². The zero-order valence-electron chi connectivity index (χ0n) is 59.0. The molecule has 32 heteroatoms. The van der Waals surface area contributed by atoms with E-state index in [0.29, 0.717) is 32.1 Å². The molecular weight excluding hydrogens is 1350 g/mol. The van der Waals surface area contributed by atoms with Gasteiger partial charge in [0.2, 0.25) is 41.1 Å². The summed E-state index contributed by atoms with van der Waals surface area (Å²) in [6.45, 7) is 5.68. The number of carbonyl (C=O) groups is 13. The summed E-state index contributed by atoms with van der Waals surface area (Å²) in [4.78, 5) is 175. The molecular formula is C71H98N6O26. The van der Waals surface area contributed by atoms with Crippen LogP contribution in [0.3, 0.4) is 0 Å². The highest BCUT2D eigenvalue weighted by molar-refractivity contribution is 6.31. The number of phenolic OH excluding ortho intramolecular Hbond substituents is 2. The summed E-state index contributed by atoms with van der Waals surface area (Å²) in [5, 5.41) is 101. The number of benzene rings is 2. The van der Waals surface area contributed by atoms with Crippen molar-refractivity contribution in [3.8, 4) is 17.2 Å². The van der Waals surface area contributed by atoms with E-state index in [1.807, 2.05) is 0 Å². The first-order chi connectivity index (χ1) is 48.5. The third-order valence-corrected chi connectivity index (χ3v) is 19.9. The van der Waals surface area contributed by atoms with Gasteiger partial charge in [-0.25, -0.2) is 0 Å². The molecule has 2 aromatic carbocycles. The Balaban J connectivity index is 1.04. The van der Waals surface area contributed by atoms with Crippen molar-refractivity contribution in [3.05, 3.63) is 51.6 Å². The van der Waals surface area contributed by atoms with Crippen molar-refractivity contribution >= 4 is 76.2 Å². The van der Waals surface area contributed by atoms with Gasteiger partial charge in [0.25, 0.3) is 0 Å². The summed E-state index contributed by atoms with van der Waals surface area (Å²) in [7, 11) is 1.26. The Hall–Kier alpha value is -8.21. The molecule has 5 amide bonds. The van der Waals surface area contributed by atoms with E-state index in [9.17, 15) is 98.1 Å². The summed E-state index contributed by atoms with van der Waals surface area (Å²) in [6, 6.07) is -0.856. The number of methoxy groups -OCH3 is 1. The van der Waals surface area contributed by atoms with E-state index in [1.54, 1.807) is 20.8 Å². The van der Waals surface area contributed by atoms with Gasteiger partial charge in [-0.05, 0) is 91.0 Å². The van der Waals surface area contributed by atoms with Gasteiger partial charge in [0.15, 0.2) is 36.0 Å². The van der Waals surface area contributed by atoms with Gasteiger partial charge in [-0.3, -0.25) is 67.6 Å². The lowest BCUT2D eigenvalue weighted by molar-refractivity contribution is -0.268. The van der Waals surface area contributed by atoms with Crippen molar-refractivity contribution in [3.63, 3.8) is 0 Å². The fourth-order valence-corrected chi connectivity index (χ4v) is 14.2. The van der Waals surface area contributed by atoms with Crippen LogP contribution >= 0.6 is 0 Å². The van der Waals surface area contributed by atoms with Crippen LogP contribution in [0.1, 0.15) is 200 Å². The molecule has 1 saturated carbocycles. The molecule has 7 rings (SSSR count). The molecule has 2 aliphatic heterocycles. The van der Waals surface area contributed by atoms with Crippen LogP contribution in [0.2, 0.25) is 0 Å². The first-order valence-corrected chi connectivity index (χ1v) is 34.9. The summed E-state index contributed by atoms with van der Waals surface area (Å²) in [5.41, 5.74) is -1.45. The van der Waals surface area contributed by atoms with Gasteiger partial charge in [0.1, 0.15) is 41.5 Å². The fraction of sp³-hybridized carbons (Fsp3) is 0.648. The smallest absolute Gasteiger partial charge is 0.312 e. The van der Waals surface area contributed by atoms with E-state index >= 15 is 0 Å². The number of carboxylic acids is 1. The highest BCUT2D eigenvalue weighted by atomic mass is 16.7. The van der Waals surface area contributed by atoms with Gasteiger partial charge in [-0.1, -0.05) is 38.3 Å². The Morgan fingerprint density at radius 1 is 0.816 bits per heavy atom. The van der Waals surface area contributed by atoms with Gasteiger partial charge >= 0.3 is 11.9 Å².